The minimum atomic E-state index is -0.211. The van der Waals surface area contributed by atoms with Crippen LogP contribution in [0.25, 0.3) is 6.08 Å². The average molecular weight is 327 g/mol. The molecule has 2 heterocycles. The van der Waals surface area contributed by atoms with Gasteiger partial charge in [-0.1, -0.05) is 30.3 Å². The van der Waals surface area contributed by atoms with E-state index in [0.29, 0.717) is 6.04 Å². The molecule has 2 fully saturated rings. The van der Waals surface area contributed by atoms with Crippen LogP contribution in [0.2, 0.25) is 0 Å². The van der Waals surface area contributed by atoms with Gasteiger partial charge < -0.3 is 10.6 Å². The van der Waals surface area contributed by atoms with Crippen molar-refractivity contribution in [1.82, 2.24) is 9.80 Å². The number of carbonyl (C=O) groups excluding carboxylic acids is 2. The van der Waals surface area contributed by atoms with Crippen molar-refractivity contribution in [3.63, 3.8) is 0 Å². The molecule has 1 aromatic rings. The van der Waals surface area contributed by atoms with Gasteiger partial charge in [-0.05, 0) is 43.9 Å². The lowest BCUT2D eigenvalue weighted by Crippen LogP contribution is -2.51. The second-order valence-corrected chi connectivity index (χ2v) is 6.60. The number of rotatable bonds is 4. The van der Waals surface area contributed by atoms with Gasteiger partial charge in [-0.3, -0.25) is 14.5 Å². The molecule has 5 heteroatoms. The van der Waals surface area contributed by atoms with Crippen molar-refractivity contribution in [2.24, 2.45) is 5.73 Å². The van der Waals surface area contributed by atoms with Crippen LogP contribution in [0.1, 0.15) is 31.2 Å². The first-order valence-electron chi connectivity index (χ1n) is 8.72. The number of nitrogens with zero attached hydrogens (tertiary/aromatic N) is 2. The number of benzene rings is 1. The standard InChI is InChI=1S/C19H25N3O2/c20-19(24)17-7-4-12-22(17)16-10-13-21(14-11-16)18(23)9-8-15-5-2-1-3-6-15/h1-3,5-6,8-9,16-17H,4,7,10-14H2,(H2,20,24). The summed E-state index contributed by atoms with van der Waals surface area (Å²) in [6.07, 6.45) is 7.24. The molecule has 2 aliphatic heterocycles. The van der Waals surface area contributed by atoms with E-state index in [-0.39, 0.29) is 17.9 Å². The topological polar surface area (TPSA) is 66.6 Å². The number of primary amides is 1. The highest BCUT2D eigenvalue weighted by atomic mass is 16.2. The van der Waals surface area contributed by atoms with Crippen LogP contribution in [0.3, 0.4) is 0 Å². The van der Waals surface area contributed by atoms with Crippen molar-refractivity contribution in [3.8, 4) is 0 Å². The van der Waals surface area contributed by atoms with Crippen LogP contribution in [0.15, 0.2) is 36.4 Å². The molecule has 3 rings (SSSR count). The summed E-state index contributed by atoms with van der Waals surface area (Å²) in [4.78, 5) is 28.0. The third kappa shape index (κ3) is 3.85. The van der Waals surface area contributed by atoms with Gasteiger partial charge in [0, 0.05) is 25.2 Å². The molecule has 0 spiro atoms. The van der Waals surface area contributed by atoms with Gasteiger partial charge in [-0.25, -0.2) is 0 Å². The Morgan fingerprint density at radius 2 is 1.75 bits per heavy atom. The Kier molecular flexibility index (Phi) is 5.30. The molecule has 2 aliphatic rings. The zero-order valence-electron chi connectivity index (χ0n) is 13.9. The molecular weight excluding hydrogens is 302 g/mol. The number of amides is 2. The van der Waals surface area contributed by atoms with Crippen LogP contribution in [0.5, 0.6) is 0 Å². The van der Waals surface area contributed by atoms with E-state index in [4.69, 9.17) is 5.73 Å². The normalized spacial score (nSPS) is 23.0. The van der Waals surface area contributed by atoms with Crippen molar-refractivity contribution in [2.45, 2.75) is 37.8 Å². The van der Waals surface area contributed by atoms with Gasteiger partial charge in [0.15, 0.2) is 0 Å². The molecule has 0 aliphatic carbocycles. The van der Waals surface area contributed by atoms with Crippen LogP contribution < -0.4 is 5.73 Å². The summed E-state index contributed by atoms with van der Waals surface area (Å²) in [6.45, 7) is 2.43. The van der Waals surface area contributed by atoms with Gasteiger partial charge in [-0.2, -0.15) is 0 Å². The van der Waals surface area contributed by atoms with Crippen molar-refractivity contribution in [2.75, 3.05) is 19.6 Å². The molecule has 5 nitrogen and oxygen atoms in total. The predicted molar refractivity (Wildman–Crippen MR) is 94.0 cm³/mol. The Balaban J connectivity index is 1.52. The summed E-state index contributed by atoms with van der Waals surface area (Å²) < 4.78 is 0. The molecular formula is C19H25N3O2. The van der Waals surface area contributed by atoms with E-state index >= 15 is 0 Å². The second kappa shape index (κ2) is 7.62. The van der Waals surface area contributed by atoms with Crippen LogP contribution in [0.4, 0.5) is 0 Å². The number of piperidine rings is 1. The molecule has 1 unspecified atom stereocenters. The van der Waals surface area contributed by atoms with Crippen LogP contribution in [0, 0.1) is 0 Å². The van der Waals surface area contributed by atoms with Crippen molar-refractivity contribution in [3.05, 3.63) is 42.0 Å². The Morgan fingerprint density at radius 3 is 2.42 bits per heavy atom. The van der Waals surface area contributed by atoms with Crippen LogP contribution in [-0.2, 0) is 9.59 Å². The molecule has 2 N–H and O–H groups in total. The summed E-state index contributed by atoms with van der Waals surface area (Å²) in [5, 5.41) is 0. The maximum Gasteiger partial charge on any atom is 0.246 e. The first-order valence-corrected chi connectivity index (χ1v) is 8.72. The number of nitrogens with two attached hydrogens (primary N) is 1. The molecule has 128 valence electrons. The Morgan fingerprint density at radius 1 is 1.04 bits per heavy atom. The van der Waals surface area contributed by atoms with Gasteiger partial charge in [0.25, 0.3) is 0 Å². The van der Waals surface area contributed by atoms with Crippen LogP contribution >= 0.6 is 0 Å². The molecule has 24 heavy (non-hydrogen) atoms. The van der Waals surface area contributed by atoms with E-state index in [1.54, 1.807) is 6.08 Å². The Hall–Kier alpha value is -2.14. The maximum absolute atomic E-state index is 12.3. The number of likely N-dealkylation sites (tertiary alicyclic amines) is 2. The van der Waals surface area contributed by atoms with E-state index in [9.17, 15) is 9.59 Å². The molecule has 0 aromatic heterocycles. The van der Waals surface area contributed by atoms with E-state index in [1.807, 2.05) is 41.3 Å². The lowest BCUT2D eigenvalue weighted by Gasteiger charge is -2.38. The van der Waals surface area contributed by atoms with E-state index in [2.05, 4.69) is 4.90 Å². The van der Waals surface area contributed by atoms with E-state index in [0.717, 1.165) is 50.9 Å². The lowest BCUT2D eigenvalue weighted by atomic mass is 10.0. The van der Waals surface area contributed by atoms with E-state index < -0.39 is 0 Å². The minimum Gasteiger partial charge on any atom is -0.368 e. The first-order chi connectivity index (χ1) is 11.6. The number of hydrogen-bond donors (Lipinski definition) is 1. The number of hydrogen-bond acceptors (Lipinski definition) is 3. The molecule has 2 amide bonds. The molecule has 0 radical (unpaired) electrons. The largest absolute Gasteiger partial charge is 0.368 e. The van der Waals surface area contributed by atoms with Gasteiger partial charge in [-0.15, -0.1) is 0 Å². The molecule has 1 aromatic carbocycles. The highest BCUT2D eigenvalue weighted by Gasteiger charge is 2.35. The maximum atomic E-state index is 12.3. The fourth-order valence-corrected chi connectivity index (χ4v) is 3.79. The molecule has 0 bridgehead atoms. The summed E-state index contributed by atoms with van der Waals surface area (Å²) in [6, 6.07) is 10.1. The predicted octanol–water partition coefficient (Wildman–Crippen LogP) is 1.64. The molecule has 0 saturated carbocycles. The zero-order valence-corrected chi connectivity index (χ0v) is 13.9. The fraction of sp³-hybridized carbons (Fsp3) is 0.474. The average Bonchev–Trinajstić information content (AvgIpc) is 3.11. The smallest absolute Gasteiger partial charge is 0.246 e. The van der Waals surface area contributed by atoms with Crippen LogP contribution in [-0.4, -0.2) is 53.3 Å². The highest BCUT2D eigenvalue weighted by molar-refractivity contribution is 5.91. The minimum absolute atomic E-state index is 0.0603. The van der Waals surface area contributed by atoms with Gasteiger partial charge in [0.1, 0.15) is 0 Å². The summed E-state index contributed by atoms with van der Waals surface area (Å²) >= 11 is 0. The first kappa shape index (κ1) is 16.7. The summed E-state index contributed by atoms with van der Waals surface area (Å²) in [5.74, 6) is -0.151. The third-order valence-electron chi connectivity index (χ3n) is 5.09. The fourth-order valence-electron chi connectivity index (χ4n) is 3.79. The Bertz CT molecular complexity index is 606. The summed E-state index contributed by atoms with van der Waals surface area (Å²) in [7, 11) is 0. The van der Waals surface area contributed by atoms with Crippen molar-refractivity contribution < 1.29 is 9.59 Å². The summed E-state index contributed by atoms with van der Waals surface area (Å²) in [5.41, 5.74) is 6.54. The second-order valence-electron chi connectivity index (χ2n) is 6.60. The van der Waals surface area contributed by atoms with E-state index in [1.165, 1.54) is 0 Å². The SMILES string of the molecule is NC(=O)C1CCCN1C1CCN(C(=O)C=Cc2ccccc2)CC1. The monoisotopic (exact) mass is 327 g/mol. The van der Waals surface area contributed by atoms with Crippen molar-refractivity contribution in [1.29, 1.82) is 0 Å². The quantitative estimate of drug-likeness (QED) is 0.855. The molecule has 1 atom stereocenters. The van der Waals surface area contributed by atoms with Gasteiger partial charge in [0.05, 0.1) is 6.04 Å². The molecule has 2 saturated heterocycles. The van der Waals surface area contributed by atoms with Gasteiger partial charge >= 0.3 is 0 Å². The van der Waals surface area contributed by atoms with Crippen molar-refractivity contribution >= 4 is 17.9 Å². The Labute approximate surface area is 143 Å². The lowest BCUT2D eigenvalue weighted by molar-refractivity contribution is -0.129. The third-order valence-corrected chi connectivity index (χ3v) is 5.09. The zero-order chi connectivity index (χ0) is 16.9. The number of carbonyl (C=O) groups is 2. The highest BCUT2D eigenvalue weighted by Crippen LogP contribution is 2.26. The van der Waals surface area contributed by atoms with Gasteiger partial charge in [0.2, 0.25) is 11.8 Å².